The number of ketones is 1. The molecule has 0 rings (SSSR count). The van der Waals surface area contributed by atoms with E-state index in [0.29, 0.717) is 13.0 Å². The van der Waals surface area contributed by atoms with E-state index in [9.17, 15) is 9.59 Å². The molecule has 0 aliphatic heterocycles. The molecule has 1 atom stereocenters. The van der Waals surface area contributed by atoms with Gasteiger partial charge in [-0.1, -0.05) is 0 Å². The zero-order valence-electron chi connectivity index (χ0n) is 7.70. The molecular weight excluding hydrogens is 158 g/mol. The Morgan fingerprint density at radius 1 is 1.42 bits per heavy atom. The summed E-state index contributed by atoms with van der Waals surface area (Å²) in [6.45, 7) is 1.94. The Morgan fingerprint density at radius 2 is 1.92 bits per heavy atom. The molecule has 0 saturated carbocycles. The van der Waals surface area contributed by atoms with E-state index in [0.717, 1.165) is 0 Å². The molecular formula is C8H15NO3. The Balaban J connectivity index is 3.97. The first kappa shape index (κ1) is 11.1. The number of carboxylic acids is 1. The molecule has 0 spiro atoms. The zero-order chi connectivity index (χ0) is 9.72. The van der Waals surface area contributed by atoms with Crippen LogP contribution in [0.25, 0.3) is 0 Å². The maximum absolute atomic E-state index is 10.8. The second kappa shape index (κ2) is 4.87. The minimum atomic E-state index is -1.02. The number of hydrogen-bond acceptors (Lipinski definition) is 3. The molecule has 0 bridgehead atoms. The summed E-state index contributed by atoms with van der Waals surface area (Å²) >= 11 is 0. The van der Waals surface area contributed by atoms with Crippen LogP contribution in [-0.4, -0.2) is 42.4 Å². The highest BCUT2D eigenvalue weighted by Crippen LogP contribution is 2.05. The molecule has 0 saturated heterocycles. The molecule has 0 aromatic carbocycles. The highest BCUT2D eigenvalue weighted by molar-refractivity contribution is 5.96. The van der Waals surface area contributed by atoms with Gasteiger partial charge in [-0.15, -0.1) is 0 Å². The number of carboxylic acid groups (broad SMARTS) is 1. The zero-order valence-corrected chi connectivity index (χ0v) is 7.70. The molecule has 70 valence electrons. The summed E-state index contributed by atoms with van der Waals surface area (Å²) in [5.74, 6) is -2.14. The van der Waals surface area contributed by atoms with Gasteiger partial charge in [-0.2, -0.15) is 0 Å². The second-order valence-electron chi connectivity index (χ2n) is 3.09. The van der Waals surface area contributed by atoms with E-state index in [1.165, 1.54) is 6.92 Å². The van der Waals surface area contributed by atoms with Crippen molar-refractivity contribution in [3.05, 3.63) is 0 Å². The lowest BCUT2D eigenvalue weighted by atomic mass is 10.0. The van der Waals surface area contributed by atoms with Crippen molar-refractivity contribution in [3.63, 3.8) is 0 Å². The molecule has 0 amide bonds. The summed E-state index contributed by atoms with van der Waals surface area (Å²) in [6.07, 6.45) is 0.387. The van der Waals surface area contributed by atoms with Crippen LogP contribution in [0.5, 0.6) is 0 Å². The van der Waals surface area contributed by atoms with Gasteiger partial charge in [0.15, 0.2) is 0 Å². The van der Waals surface area contributed by atoms with Crippen molar-refractivity contribution in [3.8, 4) is 0 Å². The van der Waals surface area contributed by atoms with Crippen LogP contribution in [0.1, 0.15) is 13.3 Å². The van der Waals surface area contributed by atoms with Crippen molar-refractivity contribution < 1.29 is 14.7 Å². The molecule has 0 heterocycles. The van der Waals surface area contributed by atoms with E-state index in [1.807, 2.05) is 19.0 Å². The average molecular weight is 173 g/mol. The van der Waals surface area contributed by atoms with Crippen LogP contribution in [0.4, 0.5) is 0 Å². The van der Waals surface area contributed by atoms with Gasteiger partial charge in [0.25, 0.3) is 0 Å². The molecule has 1 unspecified atom stereocenters. The predicted octanol–water partition coefficient (Wildman–Crippen LogP) is 0.228. The van der Waals surface area contributed by atoms with Crippen molar-refractivity contribution >= 4 is 11.8 Å². The minimum Gasteiger partial charge on any atom is -0.481 e. The summed E-state index contributed by atoms with van der Waals surface area (Å²) in [7, 11) is 3.69. The first-order chi connectivity index (χ1) is 5.45. The number of Topliss-reactive ketones (excluding diaryl/α,β-unsaturated/α-hetero) is 1. The standard InChI is InChI=1S/C8H15NO3/c1-6(10)7(8(11)12)4-5-9(2)3/h7H,4-5H2,1-3H3,(H,11,12). The SMILES string of the molecule is CC(=O)C(CCN(C)C)C(=O)O. The highest BCUT2D eigenvalue weighted by Gasteiger charge is 2.21. The number of carbonyl (C=O) groups is 2. The summed E-state index contributed by atoms with van der Waals surface area (Å²) in [4.78, 5) is 23.2. The summed E-state index contributed by atoms with van der Waals surface area (Å²) in [5.41, 5.74) is 0. The lowest BCUT2D eigenvalue weighted by molar-refractivity contribution is -0.146. The third kappa shape index (κ3) is 4.08. The van der Waals surface area contributed by atoms with Gasteiger partial charge in [0.05, 0.1) is 0 Å². The van der Waals surface area contributed by atoms with Gasteiger partial charge >= 0.3 is 5.97 Å². The second-order valence-corrected chi connectivity index (χ2v) is 3.09. The lowest BCUT2D eigenvalue weighted by Gasteiger charge is -2.12. The van der Waals surface area contributed by atoms with E-state index in [-0.39, 0.29) is 5.78 Å². The fraction of sp³-hybridized carbons (Fsp3) is 0.750. The third-order valence-electron chi connectivity index (χ3n) is 1.65. The van der Waals surface area contributed by atoms with E-state index in [1.54, 1.807) is 0 Å². The fourth-order valence-electron chi connectivity index (χ4n) is 0.888. The van der Waals surface area contributed by atoms with Crippen LogP contribution < -0.4 is 0 Å². The first-order valence-electron chi connectivity index (χ1n) is 3.83. The first-order valence-corrected chi connectivity index (χ1v) is 3.83. The molecule has 4 nitrogen and oxygen atoms in total. The topological polar surface area (TPSA) is 57.6 Å². The van der Waals surface area contributed by atoms with Crippen molar-refractivity contribution in [2.24, 2.45) is 5.92 Å². The molecule has 4 heteroatoms. The summed E-state index contributed by atoms with van der Waals surface area (Å²) in [5, 5.41) is 8.62. The van der Waals surface area contributed by atoms with Gasteiger partial charge in [0, 0.05) is 0 Å². The maximum Gasteiger partial charge on any atom is 0.314 e. The van der Waals surface area contributed by atoms with Gasteiger partial charge in [-0.3, -0.25) is 9.59 Å². The van der Waals surface area contributed by atoms with Gasteiger partial charge in [0.1, 0.15) is 11.7 Å². The minimum absolute atomic E-state index is 0.274. The largest absolute Gasteiger partial charge is 0.481 e. The van der Waals surface area contributed by atoms with Crippen LogP contribution in [0.2, 0.25) is 0 Å². The number of aliphatic carboxylic acids is 1. The molecule has 0 aliphatic carbocycles. The molecule has 12 heavy (non-hydrogen) atoms. The summed E-state index contributed by atoms with van der Waals surface area (Å²) < 4.78 is 0. The Morgan fingerprint density at radius 3 is 2.17 bits per heavy atom. The quantitative estimate of drug-likeness (QED) is 0.604. The van der Waals surface area contributed by atoms with Crippen molar-refractivity contribution in [2.45, 2.75) is 13.3 Å². The van der Waals surface area contributed by atoms with Gasteiger partial charge in [-0.05, 0) is 34.0 Å². The van der Waals surface area contributed by atoms with Gasteiger partial charge in [0.2, 0.25) is 0 Å². The maximum atomic E-state index is 10.8. The monoisotopic (exact) mass is 173 g/mol. The van der Waals surface area contributed by atoms with E-state index >= 15 is 0 Å². The Hall–Kier alpha value is -0.900. The molecule has 0 aliphatic rings. The number of carbonyl (C=O) groups excluding carboxylic acids is 1. The fourth-order valence-corrected chi connectivity index (χ4v) is 0.888. The Bertz CT molecular complexity index is 163. The predicted molar refractivity (Wildman–Crippen MR) is 45.0 cm³/mol. The van der Waals surface area contributed by atoms with Crippen LogP contribution in [0.3, 0.4) is 0 Å². The Labute approximate surface area is 72.2 Å². The Kier molecular flexibility index (Phi) is 4.51. The third-order valence-corrected chi connectivity index (χ3v) is 1.65. The molecule has 0 radical (unpaired) electrons. The normalized spacial score (nSPS) is 13.0. The molecule has 1 N–H and O–H groups in total. The van der Waals surface area contributed by atoms with E-state index in [2.05, 4.69) is 0 Å². The van der Waals surface area contributed by atoms with Gasteiger partial charge in [-0.25, -0.2) is 0 Å². The van der Waals surface area contributed by atoms with E-state index < -0.39 is 11.9 Å². The van der Waals surface area contributed by atoms with Crippen molar-refractivity contribution in [1.82, 2.24) is 4.90 Å². The molecule has 0 aromatic heterocycles. The van der Waals surface area contributed by atoms with Crippen molar-refractivity contribution in [1.29, 1.82) is 0 Å². The average Bonchev–Trinajstić information content (AvgIpc) is 1.84. The van der Waals surface area contributed by atoms with Crippen LogP contribution >= 0.6 is 0 Å². The lowest BCUT2D eigenvalue weighted by Crippen LogP contribution is -2.26. The van der Waals surface area contributed by atoms with Gasteiger partial charge < -0.3 is 10.0 Å². The van der Waals surface area contributed by atoms with Crippen molar-refractivity contribution in [2.75, 3.05) is 20.6 Å². The highest BCUT2D eigenvalue weighted by atomic mass is 16.4. The molecule has 0 fully saturated rings. The summed E-state index contributed by atoms with van der Waals surface area (Å²) in [6, 6.07) is 0. The van der Waals surface area contributed by atoms with Crippen LogP contribution in [0, 0.1) is 5.92 Å². The number of rotatable bonds is 5. The number of hydrogen-bond donors (Lipinski definition) is 1. The number of nitrogens with zero attached hydrogens (tertiary/aromatic N) is 1. The smallest absolute Gasteiger partial charge is 0.314 e. The van der Waals surface area contributed by atoms with Crippen LogP contribution in [0.15, 0.2) is 0 Å². The van der Waals surface area contributed by atoms with Crippen LogP contribution in [-0.2, 0) is 9.59 Å². The molecule has 0 aromatic rings. The van der Waals surface area contributed by atoms with E-state index in [4.69, 9.17) is 5.11 Å².